The Bertz CT molecular complexity index is 542. The number of carbonyl (C=O) groups is 1. The third-order valence-electron chi connectivity index (χ3n) is 3.59. The van der Waals surface area contributed by atoms with Gasteiger partial charge in [-0.15, -0.1) is 0 Å². The summed E-state index contributed by atoms with van der Waals surface area (Å²) < 4.78 is 10.0. The van der Waals surface area contributed by atoms with Crippen molar-refractivity contribution in [2.75, 3.05) is 19.5 Å². The van der Waals surface area contributed by atoms with E-state index in [2.05, 4.69) is 52.8 Å². The van der Waals surface area contributed by atoms with Crippen molar-refractivity contribution in [2.24, 2.45) is 4.99 Å². The third kappa shape index (κ3) is 2.84. The van der Waals surface area contributed by atoms with E-state index < -0.39 is 23.1 Å². The molecule has 1 fully saturated rings. The molecule has 2 heterocycles. The van der Waals surface area contributed by atoms with Crippen LogP contribution in [-0.2, 0) is 14.3 Å². The van der Waals surface area contributed by atoms with Crippen molar-refractivity contribution >= 4 is 70.6 Å². The van der Waals surface area contributed by atoms with E-state index in [0.29, 0.717) is 16.5 Å². The van der Waals surface area contributed by atoms with Gasteiger partial charge in [0.2, 0.25) is 0 Å². The molecule has 22 heavy (non-hydrogen) atoms. The van der Waals surface area contributed by atoms with Crippen LogP contribution in [0.5, 0.6) is 0 Å². The number of hydroxylamine groups is 2. The number of halogens is 3. The van der Waals surface area contributed by atoms with Crippen LogP contribution in [0.25, 0.3) is 0 Å². The van der Waals surface area contributed by atoms with Gasteiger partial charge in [-0.2, -0.15) is 0 Å². The summed E-state index contributed by atoms with van der Waals surface area (Å²) >= 11 is 11.4. The number of carbonyl (C=O) groups excluding carboxylic acids is 1. The van der Waals surface area contributed by atoms with Crippen LogP contribution in [-0.4, -0.2) is 56.5 Å². The van der Waals surface area contributed by atoms with Gasteiger partial charge in [0.05, 0.1) is 27.5 Å². The Kier molecular flexibility index (Phi) is 6.18. The van der Waals surface area contributed by atoms with Gasteiger partial charge in [0.15, 0.2) is 5.06 Å². The Morgan fingerprint density at radius 3 is 2.64 bits per heavy atom. The normalized spacial score (nSPS) is 32.3. The maximum absolute atomic E-state index is 12.7. The highest BCUT2D eigenvalue weighted by atomic mass is 79.9. The lowest BCUT2D eigenvalue weighted by atomic mass is 9.87. The van der Waals surface area contributed by atoms with Crippen molar-refractivity contribution in [3.63, 3.8) is 0 Å². The third-order valence-corrected chi connectivity index (χ3v) is 6.59. The molecular weight excluding hydrogens is 508 g/mol. The van der Waals surface area contributed by atoms with Crippen LogP contribution >= 0.6 is 59.6 Å². The molecule has 1 saturated heterocycles. The van der Waals surface area contributed by atoms with Gasteiger partial charge in [0.25, 0.3) is 0 Å². The van der Waals surface area contributed by atoms with E-state index in [4.69, 9.17) is 9.47 Å². The van der Waals surface area contributed by atoms with E-state index in [9.17, 15) is 10.0 Å². The Morgan fingerprint density at radius 2 is 2.18 bits per heavy atom. The minimum atomic E-state index is -1.08. The summed E-state index contributed by atoms with van der Waals surface area (Å²) in [4.78, 5) is 16.7. The number of hydrogen-bond donors (Lipinski definition) is 0. The Labute approximate surface area is 158 Å². The first-order valence-corrected chi connectivity index (χ1v) is 10.0. The SMILES string of the molecule is COC(=O)C(=C(CBr)C(Br)Br)C1C2N=C(C)SC2(OC)N1[O-]. The van der Waals surface area contributed by atoms with Gasteiger partial charge in [-0.1, -0.05) is 59.6 Å². The van der Waals surface area contributed by atoms with Crippen molar-refractivity contribution in [2.45, 2.75) is 27.8 Å². The predicted octanol–water partition coefficient (Wildman–Crippen LogP) is 2.98. The van der Waals surface area contributed by atoms with Crippen LogP contribution in [0.3, 0.4) is 0 Å². The fourth-order valence-electron chi connectivity index (χ4n) is 2.59. The number of fused-ring (bicyclic) bond motifs is 1. The number of nitrogens with zero attached hydrogens (tertiary/aromatic N) is 2. The van der Waals surface area contributed by atoms with Gasteiger partial charge >= 0.3 is 5.97 Å². The van der Waals surface area contributed by atoms with Gasteiger partial charge in [0.1, 0.15) is 6.04 Å². The molecule has 3 unspecified atom stereocenters. The number of allylic oxidation sites excluding steroid dienone is 1. The topological polar surface area (TPSA) is 74.2 Å². The lowest BCUT2D eigenvalue weighted by molar-refractivity contribution is -0.155. The number of alkyl halides is 3. The van der Waals surface area contributed by atoms with E-state index in [-0.39, 0.29) is 3.74 Å². The molecule has 0 aromatic heterocycles. The summed E-state index contributed by atoms with van der Waals surface area (Å²) in [5, 5.41) is 13.5. The molecule has 2 aliphatic heterocycles. The number of hydrogen-bond acceptors (Lipinski definition) is 7. The molecule has 0 radical (unpaired) electrons. The molecule has 0 N–H and O–H groups in total. The van der Waals surface area contributed by atoms with Crippen LogP contribution < -0.4 is 0 Å². The van der Waals surface area contributed by atoms with Crippen LogP contribution in [0.1, 0.15) is 6.92 Å². The van der Waals surface area contributed by atoms with Crippen molar-refractivity contribution in [3.8, 4) is 0 Å². The Morgan fingerprint density at radius 1 is 1.55 bits per heavy atom. The molecule has 0 bridgehead atoms. The molecule has 0 aromatic rings. The van der Waals surface area contributed by atoms with Crippen molar-refractivity contribution in [1.82, 2.24) is 5.06 Å². The van der Waals surface area contributed by atoms with E-state index in [0.717, 1.165) is 10.1 Å². The molecule has 2 rings (SSSR count). The first-order valence-electron chi connectivity index (χ1n) is 6.24. The highest BCUT2D eigenvalue weighted by molar-refractivity contribution is 9.24. The maximum atomic E-state index is 12.7. The number of rotatable bonds is 5. The van der Waals surface area contributed by atoms with Crippen molar-refractivity contribution in [3.05, 3.63) is 16.4 Å². The second-order valence-electron chi connectivity index (χ2n) is 4.67. The number of aliphatic imine (C=N–C) groups is 1. The van der Waals surface area contributed by atoms with Crippen LogP contribution in [0, 0.1) is 5.21 Å². The number of methoxy groups -OCH3 is 2. The zero-order chi connectivity index (χ0) is 16.7. The lowest BCUT2D eigenvalue weighted by Gasteiger charge is -2.62. The second-order valence-corrected chi connectivity index (χ2v) is 9.67. The van der Waals surface area contributed by atoms with Gasteiger partial charge in [0, 0.05) is 12.4 Å². The summed E-state index contributed by atoms with van der Waals surface area (Å²) in [6, 6.07) is -1.18. The van der Waals surface area contributed by atoms with E-state index in [1.54, 1.807) is 0 Å². The highest BCUT2D eigenvalue weighted by Crippen LogP contribution is 2.54. The summed E-state index contributed by atoms with van der Waals surface area (Å²) in [6.07, 6.45) is 0. The predicted molar refractivity (Wildman–Crippen MR) is 97.7 cm³/mol. The molecular formula is C12H14Br3N2O4S-. The zero-order valence-electron chi connectivity index (χ0n) is 12.0. The van der Waals surface area contributed by atoms with Gasteiger partial charge in [-0.05, 0) is 12.5 Å². The fourth-order valence-corrected chi connectivity index (χ4v) is 6.08. The molecule has 0 saturated carbocycles. The molecule has 0 spiro atoms. The molecule has 3 atom stereocenters. The largest absolute Gasteiger partial charge is 0.782 e. The summed E-state index contributed by atoms with van der Waals surface area (Å²) in [5.74, 6) is -0.543. The highest BCUT2D eigenvalue weighted by Gasteiger charge is 2.63. The zero-order valence-corrected chi connectivity index (χ0v) is 17.6. The van der Waals surface area contributed by atoms with E-state index in [1.807, 2.05) is 6.92 Å². The minimum absolute atomic E-state index is 0.265. The van der Waals surface area contributed by atoms with Crippen molar-refractivity contribution in [1.29, 1.82) is 0 Å². The first kappa shape index (κ1) is 18.9. The summed E-state index contributed by atoms with van der Waals surface area (Å²) in [6.45, 7) is 1.82. The lowest BCUT2D eigenvalue weighted by Crippen LogP contribution is -2.72. The van der Waals surface area contributed by atoms with Gasteiger partial charge < -0.3 is 19.7 Å². The number of thioether (sulfide) groups is 1. The molecule has 0 aromatic carbocycles. The standard InChI is InChI=1S/C12H14Br3N2O4S/c1-5-16-9-8(17(19)12(9,21-3)22-5)7(11(18)20-2)6(4-13)10(14)15/h8-10H,4H2,1-3H3/q-1. The maximum Gasteiger partial charge on any atom is 0.335 e. The minimum Gasteiger partial charge on any atom is -0.782 e. The quantitative estimate of drug-likeness (QED) is 0.314. The monoisotopic (exact) mass is 519 g/mol. The Hall–Kier alpha value is 0.550. The average molecular weight is 522 g/mol. The van der Waals surface area contributed by atoms with Gasteiger partial charge in [-0.25, -0.2) is 4.79 Å². The number of esters is 1. The van der Waals surface area contributed by atoms with E-state index in [1.165, 1.54) is 26.0 Å². The first-order chi connectivity index (χ1) is 10.3. The molecule has 6 nitrogen and oxygen atoms in total. The summed E-state index contributed by atoms with van der Waals surface area (Å²) in [7, 11) is 2.76. The van der Waals surface area contributed by atoms with E-state index >= 15 is 0 Å². The van der Waals surface area contributed by atoms with Crippen LogP contribution in [0.2, 0.25) is 0 Å². The Balaban J connectivity index is 2.49. The summed E-state index contributed by atoms with van der Waals surface area (Å²) in [5.41, 5.74) is 0.983. The van der Waals surface area contributed by atoms with Crippen LogP contribution in [0.15, 0.2) is 16.1 Å². The second kappa shape index (κ2) is 7.20. The molecule has 10 heteroatoms. The van der Waals surface area contributed by atoms with Gasteiger partial charge in [-0.3, -0.25) is 4.99 Å². The molecule has 124 valence electrons. The number of ether oxygens (including phenoxy) is 2. The average Bonchev–Trinajstić information content (AvgIpc) is 2.79. The fraction of sp³-hybridized carbons (Fsp3) is 0.667. The van der Waals surface area contributed by atoms with Crippen molar-refractivity contribution < 1.29 is 14.3 Å². The molecule has 0 amide bonds. The van der Waals surface area contributed by atoms with Crippen LogP contribution in [0.4, 0.5) is 0 Å². The molecule has 2 aliphatic rings. The molecule has 0 aliphatic carbocycles. The smallest absolute Gasteiger partial charge is 0.335 e.